The minimum Gasteiger partial charge on any atom is -0.480 e. The molecule has 4 N–H and O–H groups in total. The fourth-order valence-electron chi connectivity index (χ4n) is 1.31. The summed E-state index contributed by atoms with van der Waals surface area (Å²) in [5.74, 6) is -1.19. The van der Waals surface area contributed by atoms with Gasteiger partial charge in [-0.2, -0.15) is 0 Å². The van der Waals surface area contributed by atoms with Crippen molar-refractivity contribution in [1.29, 1.82) is 0 Å². The third-order valence-electron chi connectivity index (χ3n) is 2.28. The van der Waals surface area contributed by atoms with Gasteiger partial charge in [-0.1, -0.05) is 30.3 Å². The number of carbonyl (C=O) groups excluding carboxylic acids is 1. The van der Waals surface area contributed by atoms with Gasteiger partial charge in [0.2, 0.25) is 0 Å². The lowest BCUT2D eigenvalue weighted by molar-refractivity contribution is -0.139. The summed E-state index contributed by atoms with van der Waals surface area (Å²) in [6.45, 7) is 1.58. The van der Waals surface area contributed by atoms with E-state index in [0.717, 1.165) is 5.56 Å². The molecule has 6 heteroatoms. The van der Waals surface area contributed by atoms with Crippen molar-refractivity contribution in [2.24, 2.45) is 5.73 Å². The van der Waals surface area contributed by atoms with Gasteiger partial charge in [0.1, 0.15) is 12.6 Å². The molecule has 0 aliphatic carbocycles. The monoisotopic (exact) mass is 252 g/mol. The molecule has 0 spiro atoms. The normalized spacial score (nSPS) is 13.4. The Balaban J connectivity index is 2.44. The summed E-state index contributed by atoms with van der Waals surface area (Å²) in [7, 11) is 0. The highest BCUT2D eigenvalue weighted by atomic mass is 16.5. The molecule has 0 saturated heterocycles. The van der Waals surface area contributed by atoms with Crippen molar-refractivity contribution in [2.45, 2.75) is 25.6 Å². The van der Waals surface area contributed by atoms with Crippen LogP contribution in [0.25, 0.3) is 0 Å². The lowest BCUT2D eigenvalue weighted by Crippen LogP contribution is -2.51. The molecule has 0 fully saturated rings. The third kappa shape index (κ3) is 4.42. The Morgan fingerprint density at radius 3 is 2.50 bits per heavy atom. The molecule has 1 aromatic rings. The van der Waals surface area contributed by atoms with Crippen molar-refractivity contribution in [1.82, 2.24) is 5.32 Å². The molecule has 1 aromatic carbocycles. The van der Waals surface area contributed by atoms with Crippen LogP contribution in [0.3, 0.4) is 0 Å². The average Bonchev–Trinajstić information content (AvgIpc) is 2.34. The van der Waals surface area contributed by atoms with E-state index < -0.39 is 24.1 Å². The molecule has 0 aliphatic heterocycles. The Morgan fingerprint density at radius 1 is 1.39 bits per heavy atom. The summed E-state index contributed by atoms with van der Waals surface area (Å²) in [6.07, 6.45) is -0.802. The molecule has 0 bridgehead atoms. The molecule has 0 saturated carbocycles. The molecule has 98 valence electrons. The second-order valence-corrected chi connectivity index (χ2v) is 3.88. The van der Waals surface area contributed by atoms with Gasteiger partial charge in [-0.15, -0.1) is 0 Å². The van der Waals surface area contributed by atoms with Crippen LogP contribution in [0.15, 0.2) is 30.3 Å². The van der Waals surface area contributed by atoms with Gasteiger partial charge in [0.05, 0.1) is 0 Å². The van der Waals surface area contributed by atoms with Crippen molar-refractivity contribution in [3.8, 4) is 0 Å². The molecule has 6 nitrogen and oxygen atoms in total. The second-order valence-electron chi connectivity index (χ2n) is 3.88. The van der Waals surface area contributed by atoms with E-state index in [-0.39, 0.29) is 6.61 Å². The number of nitrogens with one attached hydrogen (secondary N) is 1. The van der Waals surface area contributed by atoms with Crippen molar-refractivity contribution < 1.29 is 19.4 Å². The Labute approximate surface area is 105 Å². The van der Waals surface area contributed by atoms with Crippen LogP contribution >= 0.6 is 0 Å². The Bertz CT molecular complexity index is 406. The van der Waals surface area contributed by atoms with Crippen molar-refractivity contribution in [3.63, 3.8) is 0 Å². The standard InChI is InChI=1S/C12H16N2O4/c1-8(13)10(11(15)16)14-12(17)18-7-9-5-3-2-4-6-9/h2-6,8,10H,7,13H2,1H3,(H,14,17)(H,15,16)/t8?,10-/m0/s1. The van der Waals surface area contributed by atoms with Crippen LogP contribution in [0, 0.1) is 0 Å². The van der Waals surface area contributed by atoms with Crippen molar-refractivity contribution >= 4 is 12.1 Å². The van der Waals surface area contributed by atoms with Crippen LogP contribution in [0.2, 0.25) is 0 Å². The van der Waals surface area contributed by atoms with Crippen LogP contribution in [0.5, 0.6) is 0 Å². The summed E-state index contributed by atoms with van der Waals surface area (Å²) in [6, 6.07) is 7.22. The minimum absolute atomic E-state index is 0.0813. The lowest BCUT2D eigenvalue weighted by Gasteiger charge is -2.17. The van der Waals surface area contributed by atoms with Crippen LogP contribution in [0.4, 0.5) is 4.79 Å². The van der Waals surface area contributed by atoms with Gasteiger partial charge in [-0.05, 0) is 12.5 Å². The summed E-state index contributed by atoms with van der Waals surface area (Å²) < 4.78 is 4.89. The maximum Gasteiger partial charge on any atom is 0.408 e. The summed E-state index contributed by atoms with van der Waals surface area (Å²) in [5, 5.41) is 11.0. The number of hydrogen-bond acceptors (Lipinski definition) is 4. The van der Waals surface area contributed by atoms with Crippen LogP contribution in [-0.4, -0.2) is 29.3 Å². The Morgan fingerprint density at radius 2 is 2.00 bits per heavy atom. The van der Waals surface area contributed by atoms with Crippen LogP contribution in [0.1, 0.15) is 12.5 Å². The zero-order chi connectivity index (χ0) is 13.5. The Hall–Kier alpha value is -2.08. The quantitative estimate of drug-likeness (QED) is 0.716. The number of hydrogen-bond donors (Lipinski definition) is 3. The topological polar surface area (TPSA) is 102 Å². The largest absolute Gasteiger partial charge is 0.480 e. The summed E-state index contributed by atoms with van der Waals surface area (Å²) in [5.41, 5.74) is 6.26. The predicted octanol–water partition coefficient (Wildman–Crippen LogP) is 0.713. The van der Waals surface area contributed by atoms with E-state index in [0.29, 0.717) is 0 Å². The number of carboxylic acids is 1. The highest BCUT2D eigenvalue weighted by Crippen LogP contribution is 2.01. The molecule has 1 unspecified atom stereocenters. The molecule has 0 radical (unpaired) electrons. The number of alkyl carbamates (subject to hydrolysis) is 1. The van der Waals surface area contributed by atoms with Gasteiger partial charge in [-0.3, -0.25) is 0 Å². The molecular weight excluding hydrogens is 236 g/mol. The van der Waals surface area contributed by atoms with Gasteiger partial charge in [0.15, 0.2) is 0 Å². The van der Waals surface area contributed by atoms with Gasteiger partial charge in [0, 0.05) is 6.04 Å². The fourth-order valence-corrected chi connectivity index (χ4v) is 1.31. The van der Waals surface area contributed by atoms with Crippen molar-refractivity contribution in [2.75, 3.05) is 0 Å². The maximum absolute atomic E-state index is 11.4. The predicted molar refractivity (Wildman–Crippen MR) is 64.8 cm³/mol. The highest BCUT2D eigenvalue weighted by Gasteiger charge is 2.24. The first-order chi connectivity index (χ1) is 8.50. The zero-order valence-electron chi connectivity index (χ0n) is 10.00. The molecule has 1 rings (SSSR count). The number of rotatable bonds is 5. The summed E-state index contributed by atoms with van der Waals surface area (Å²) in [4.78, 5) is 22.2. The molecule has 0 aliphatic rings. The first kappa shape index (κ1) is 14.0. The zero-order valence-corrected chi connectivity index (χ0v) is 10.00. The molecule has 0 aromatic heterocycles. The highest BCUT2D eigenvalue weighted by molar-refractivity contribution is 5.80. The first-order valence-corrected chi connectivity index (χ1v) is 5.46. The van der Waals surface area contributed by atoms with Gasteiger partial charge in [0.25, 0.3) is 0 Å². The van der Waals surface area contributed by atoms with E-state index in [1.54, 1.807) is 12.1 Å². The number of benzene rings is 1. The van der Waals surface area contributed by atoms with E-state index in [4.69, 9.17) is 15.6 Å². The van der Waals surface area contributed by atoms with Gasteiger partial charge >= 0.3 is 12.1 Å². The Kier molecular flexibility index (Phi) is 5.13. The molecule has 0 heterocycles. The van der Waals surface area contributed by atoms with Crippen LogP contribution in [-0.2, 0) is 16.1 Å². The number of aliphatic carboxylic acids is 1. The first-order valence-electron chi connectivity index (χ1n) is 5.46. The van der Waals surface area contributed by atoms with E-state index in [2.05, 4.69) is 5.32 Å². The lowest BCUT2D eigenvalue weighted by atomic mass is 10.1. The van der Waals surface area contributed by atoms with Crippen LogP contribution < -0.4 is 11.1 Å². The molecule has 1 amide bonds. The van der Waals surface area contributed by atoms with Gasteiger partial charge in [-0.25, -0.2) is 9.59 Å². The number of ether oxygens (including phenoxy) is 1. The third-order valence-corrected chi connectivity index (χ3v) is 2.28. The number of carboxylic acid groups (broad SMARTS) is 1. The number of nitrogens with two attached hydrogens (primary N) is 1. The second kappa shape index (κ2) is 6.61. The molecule has 18 heavy (non-hydrogen) atoms. The van der Waals surface area contributed by atoms with E-state index in [1.165, 1.54) is 6.92 Å². The molecule has 2 atom stereocenters. The molecular formula is C12H16N2O4. The van der Waals surface area contributed by atoms with Crippen molar-refractivity contribution in [3.05, 3.63) is 35.9 Å². The van der Waals surface area contributed by atoms with Gasteiger partial charge < -0.3 is 20.9 Å². The fraction of sp³-hybridized carbons (Fsp3) is 0.333. The SMILES string of the molecule is CC(N)[C@H](NC(=O)OCc1ccccc1)C(=O)O. The smallest absolute Gasteiger partial charge is 0.408 e. The minimum atomic E-state index is -1.19. The summed E-state index contributed by atoms with van der Waals surface area (Å²) >= 11 is 0. The number of amides is 1. The van der Waals surface area contributed by atoms with E-state index in [9.17, 15) is 9.59 Å². The van der Waals surface area contributed by atoms with E-state index >= 15 is 0 Å². The maximum atomic E-state index is 11.4. The van der Waals surface area contributed by atoms with E-state index in [1.807, 2.05) is 18.2 Å². The average molecular weight is 252 g/mol. The number of carbonyl (C=O) groups is 2.